The van der Waals surface area contributed by atoms with Crippen LogP contribution >= 0.6 is 12.4 Å². The van der Waals surface area contributed by atoms with Crippen molar-refractivity contribution in [2.75, 3.05) is 13.1 Å². The summed E-state index contributed by atoms with van der Waals surface area (Å²) in [5.74, 6) is -0.129. The van der Waals surface area contributed by atoms with E-state index in [9.17, 15) is 4.79 Å². The van der Waals surface area contributed by atoms with E-state index in [2.05, 4.69) is 31.2 Å². The summed E-state index contributed by atoms with van der Waals surface area (Å²) in [6.07, 6.45) is 0. The first-order chi connectivity index (χ1) is 7.36. The lowest BCUT2D eigenvalue weighted by atomic mass is 9.92. The first kappa shape index (κ1) is 15.9. The van der Waals surface area contributed by atoms with Crippen molar-refractivity contribution in [3.05, 3.63) is 17.5 Å². The van der Waals surface area contributed by atoms with Crippen LogP contribution in [0.2, 0.25) is 0 Å². The number of amides is 1. The second kappa shape index (κ2) is 6.02. The number of carbonyl (C=O) groups is 1. The van der Waals surface area contributed by atoms with E-state index in [1.54, 1.807) is 11.7 Å². The molecule has 0 fully saturated rings. The number of nitrogens with zero attached hydrogens (tertiary/aromatic N) is 2. The molecule has 1 aromatic rings. The second-order valence-corrected chi connectivity index (χ2v) is 4.83. The molecule has 5 nitrogen and oxygen atoms in total. The molecular weight excluding hydrogens is 240 g/mol. The fourth-order valence-corrected chi connectivity index (χ4v) is 1.32. The van der Waals surface area contributed by atoms with E-state index in [0.717, 1.165) is 5.69 Å². The van der Waals surface area contributed by atoms with Crippen LogP contribution in [-0.2, 0) is 12.5 Å². The molecule has 0 saturated heterocycles. The fraction of sp³-hybridized carbons (Fsp3) is 0.636. The molecule has 0 aliphatic carbocycles. The van der Waals surface area contributed by atoms with Gasteiger partial charge in [0.25, 0.3) is 5.91 Å². The Labute approximate surface area is 108 Å². The maximum Gasteiger partial charge on any atom is 0.269 e. The van der Waals surface area contributed by atoms with E-state index < -0.39 is 0 Å². The normalized spacial score (nSPS) is 10.9. The molecule has 0 radical (unpaired) electrons. The molecule has 0 saturated carbocycles. The predicted molar refractivity (Wildman–Crippen MR) is 70.5 cm³/mol. The summed E-state index contributed by atoms with van der Waals surface area (Å²) in [7, 11) is 1.77. The highest BCUT2D eigenvalue weighted by atomic mass is 35.5. The minimum Gasteiger partial charge on any atom is -0.349 e. The summed E-state index contributed by atoms with van der Waals surface area (Å²) in [4.78, 5) is 11.7. The second-order valence-electron chi connectivity index (χ2n) is 4.83. The number of nitrogens with two attached hydrogens (primary N) is 1. The van der Waals surface area contributed by atoms with Gasteiger partial charge in [-0.05, 0) is 6.07 Å². The average Bonchev–Trinajstić information content (AvgIpc) is 2.56. The van der Waals surface area contributed by atoms with Gasteiger partial charge in [-0.25, -0.2) is 0 Å². The molecular formula is C11H21ClN4O. The van der Waals surface area contributed by atoms with Crippen molar-refractivity contribution in [1.29, 1.82) is 0 Å². The average molecular weight is 261 g/mol. The molecule has 1 aromatic heterocycles. The topological polar surface area (TPSA) is 72.9 Å². The molecule has 1 amide bonds. The molecule has 0 aliphatic rings. The van der Waals surface area contributed by atoms with E-state index in [1.165, 1.54) is 0 Å². The van der Waals surface area contributed by atoms with Gasteiger partial charge in [-0.15, -0.1) is 12.4 Å². The number of hydrogen-bond donors (Lipinski definition) is 2. The Morgan fingerprint density at radius 1 is 1.53 bits per heavy atom. The van der Waals surface area contributed by atoms with Gasteiger partial charge < -0.3 is 11.1 Å². The molecule has 0 aromatic carbocycles. The minimum absolute atomic E-state index is 0. The number of halogens is 1. The molecule has 1 rings (SSSR count). The maximum absolute atomic E-state index is 11.7. The van der Waals surface area contributed by atoms with Crippen LogP contribution in [0.1, 0.15) is 37.0 Å². The zero-order valence-corrected chi connectivity index (χ0v) is 11.6. The number of aromatic nitrogens is 2. The zero-order valence-electron chi connectivity index (χ0n) is 10.8. The Kier molecular flexibility index (Phi) is 5.64. The van der Waals surface area contributed by atoms with Crippen LogP contribution in [0.4, 0.5) is 0 Å². The summed E-state index contributed by atoms with van der Waals surface area (Å²) in [5, 5.41) is 7.07. The Bertz CT molecular complexity index is 381. The fourth-order valence-electron chi connectivity index (χ4n) is 1.32. The van der Waals surface area contributed by atoms with Crippen molar-refractivity contribution in [3.8, 4) is 0 Å². The summed E-state index contributed by atoms with van der Waals surface area (Å²) in [5.41, 5.74) is 6.76. The monoisotopic (exact) mass is 260 g/mol. The van der Waals surface area contributed by atoms with Crippen molar-refractivity contribution in [2.24, 2.45) is 12.8 Å². The lowest BCUT2D eigenvalue weighted by Gasteiger charge is -2.13. The van der Waals surface area contributed by atoms with Crippen molar-refractivity contribution in [1.82, 2.24) is 15.1 Å². The van der Waals surface area contributed by atoms with Gasteiger partial charge in [-0.3, -0.25) is 9.48 Å². The Hall–Kier alpha value is -1.07. The van der Waals surface area contributed by atoms with Gasteiger partial charge in [0.2, 0.25) is 0 Å². The summed E-state index contributed by atoms with van der Waals surface area (Å²) < 4.78 is 1.60. The Morgan fingerprint density at radius 3 is 2.53 bits per heavy atom. The molecule has 1 heterocycles. The highest BCUT2D eigenvalue weighted by Crippen LogP contribution is 2.21. The lowest BCUT2D eigenvalue weighted by molar-refractivity contribution is 0.0945. The van der Waals surface area contributed by atoms with Crippen LogP contribution in [0, 0.1) is 0 Å². The van der Waals surface area contributed by atoms with Crippen molar-refractivity contribution in [3.63, 3.8) is 0 Å². The third-order valence-electron chi connectivity index (χ3n) is 2.31. The van der Waals surface area contributed by atoms with Gasteiger partial charge in [0.1, 0.15) is 5.69 Å². The van der Waals surface area contributed by atoms with Gasteiger partial charge >= 0.3 is 0 Å². The SMILES string of the molecule is Cl.Cn1nc(C(C)(C)C)cc1C(=O)NCCN. The third kappa shape index (κ3) is 4.02. The van der Waals surface area contributed by atoms with E-state index in [4.69, 9.17) is 5.73 Å². The largest absolute Gasteiger partial charge is 0.349 e. The van der Waals surface area contributed by atoms with Crippen molar-refractivity contribution >= 4 is 18.3 Å². The third-order valence-corrected chi connectivity index (χ3v) is 2.31. The van der Waals surface area contributed by atoms with E-state index >= 15 is 0 Å². The van der Waals surface area contributed by atoms with Crippen LogP contribution in [0.5, 0.6) is 0 Å². The standard InChI is InChI=1S/C11H20N4O.ClH/c1-11(2,3)9-7-8(15(4)14-9)10(16)13-6-5-12;/h7H,5-6,12H2,1-4H3,(H,13,16);1H. The van der Waals surface area contributed by atoms with Crippen LogP contribution in [0.15, 0.2) is 6.07 Å². The highest BCUT2D eigenvalue weighted by molar-refractivity contribution is 5.92. The van der Waals surface area contributed by atoms with E-state index in [1.807, 2.05) is 6.07 Å². The van der Waals surface area contributed by atoms with Crippen LogP contribution in [-0.4, -0.2) is 28.8 Å². The molecule has 0 spiro atoms. The summed E-state index contributed by atoms with van der Waals surface area (Å²) in [6.45, 7) is 7.12. The van der Waals surface area contributed by atoms with Crippen LogP contribution < -0.4 is 11.1 Å². The Balaban J connectivity index is 0.00000256. The van der Waals surface area contributed by atoms with Crippen molar-refractivity contribution < 1.29 is 4.79 Å². The van der Waals surface area contributed by atoms with E-state index in [0.29, 0.717) is 18.8 Å². The quantitative estimate of drug-likeness (QED) is 0.846. The van der Waals surface area contributed by atoms with Gasteiger partial charge in [0.15, 0.2) is 0 Å². The molecule has 0 aliphatic heterocycles. The van der Waals surface area contributed by atoms with Crippen LogP contribution in [0.3, 0.4) is 0 Å². The zero-order chi connectivity index (χ0) is 12.3. The van der Waals surface area contributed by atoms with Gasteiger partial charge in [-0.1, -0.05) is 20.8 Å². The first-order valence-corrected chi connectivity index (χ1v) is 5.39. The van der Waals surface area contributed by atoms with E-state index in [-0.39, 0.29) is 23.7 Å². The van der Waals surface area contributed by atoms with Gasteiger partial charge in [0, 0.05) is 25.6 Å². The molecule has 17 heavy (non-hydrogen) atoms. The number of nitrogens with one attached hydrogen (secondary N) is 1. The predicted octanol–water partition coefficient (Wildman–Crippen LogP) is 0.828. The number of carbonyl (C=O) groups excluding carboxylic acids is 1. The smallest absolute Gasteiger partial charge is 0.269 e. The summed E-state index contributed by atoms with van der Waals surface area (Å²) in [6, 6.07) is 1.83. The molecule has 0 bridgehead atoms. The van der Waals surface area contributed by atoms with Crippen molar-refractivity contribution in [2.45, 2.75) is 26.2 Å². The molecule has 6 heteroatoms. The highest BCUT2D eigenvalue weighted by Gasteiger charge is 2.21. The molecule has 0 atom stereocenters. The van der Waals surface area contributed by atoms with Crippen LogP contribution in [0.25, 0.3) is 0 Å². The summed E-state index contributed by atoms with van der Waals surface area (Å²) >= 11 is 0. The maximum atomic E-state index is 11.7. The Morgan fingerprint density at radius 2 is 2.12 bits per heavy atom. The number of hydrogen-bond acceptors (Lipinski definition) is 3. The first-order valence-electron chi connectivity index (χ1n) is 5.39. The van der Waals surface area contributed by atoms with Gasteiger partial charge in [-0.2, -0.15) is 5.10 Å². The lowest BCUT2D eigenvalue weighted by Crippen LogP contribution is -2.30. The molecule has 0 unspecified atom stereocenters. The molecule has 3 N–H and O–H groups in total. The minimum atomic E-state index is -0.129. The number of rotatable bonds is 3. The number of aryl methyl sites for hydroxylation is 1. The molecule has 98 valence electrons. The van der Waals surface area contributed by atoms with Gasteiger partial charge in [0.05, 0.1) is 5.69 Å².